The van der Waals surface area contributed by atoms with Gasteiger partial charge in [0, 0.05) is 26.2 Å². The highest BCUT2D eigenvalue weighted by atomic mass is 16.3. The van der Waals surface area contributed by atoms with Gasteiger partial charge in [0.05, 0.1) is 17.3 Å². The number of hydrazine groups is 1. The van der Waals surface area contributed by atoms with Gasteiger partial charge < -0.3 is 15.7 Å². The third kappa shape index (κ3) is 4.47. The van der Waals surface area contributed by atoms with Crippen LogP contribution in [0.25, 0.3) is 0 Å². The van der Waals surface area contributed by atoms with Crippen LogP contribution in [0.15, 0.2) is 18.2 Å². The molecule has 3 rings (SSSR count). The molecule has 0 spiro atoms. The van der Waals surface area contributed by atoms with Crippen molar-refractivity contribution in [1.29, 1.82) is 0 Å². The van der Waals surface area contributed by atoms with E-state index in [0.29, 0.717) is 6.41 Å². The Morgan fingerprint density at radius 1 is 1.11 bits per heavy atom. The van der Waals surface area contributed by atoms with E-state index in [4.69, 9.17) is 0 Å². The molecule has 2 amide bonds. The summed E-state index contributed by atoms with van der Waals surface area (Å²) in [6.07, 6.45) is 5.43. The lowest BCUT2D eigenvalue weighted by molar-refractivity contribution is -0.105. The smallest absolute Gasteiger partial charge is 0.255 e. The first-order chi connectivity index (χ1) is 13.6. The third-order valence-corrected chi connectivity index (χ3v) is 5.97. The summed E-state index contributed by atoms with van der Waals surface area (Å²) in [5, 5.41) is 20.5. The second-order valence-corrected chi connectivity index (χ2v) is 7.98. The molecule has 2 aliphatic heterocycles. The molecule has 2 aliphatic rings. The number of phenolic OH excluding ortho intramolecular Hbond substituents is 1. The van der Waals surface area contributed by atoms with Gasteiger partial charge in [-0.15, -0.1) is 0 Å². The van der Waals surface area contributed by atoms with Gasteiger partial charge in [0.1, 0.15) is 0 Å². The van der Waals surface area contributed by atoms with Crippen LogP contribution in [0.2, 0.25) is 0 Å². The van der Waals surface area contributed by atoms with E-state index in [0.717, 1.165) is 38.0 Å². The molecule has 3 N–H and O–H groups in total. The summed E-state index contributed by atoms with van der Waals surface area (Å²) in [6, 6.07) is 4.80. The van der Waals surface area contributed by atoms with E-state index in [1.165, 1.54) is 25.7 Å². The fourth-order valence-corrected chi connectivity index (χ4v) is 4.67. The van der Waals surface area contributed by atoms with Crippen molar-refractivity contribution in [3.63, 3.8) is 0 Å². The molecule has 2 heterocycles. The maximum Gasteiger partial charge on any atom is 0.255 e. The molecule has 7 heteroatoms. The van der Waals surface area contributed by atoms with Gasteiger partial charge in [-0.05, 0) is 36.8 Å². The molecule has 7 nitrogen and oxygen atoms in total. The van der Waals surface area contributed by atoms with Gasteiger partial charge in [0.15, 0.2) is 5.75 Å². The quantitative estimate of drug-likeness (QED) is 0.470. The lowest BCUT2D eigenvalue weighted by Gasteiger charge is -2.42. The van der Waals surface area contributed by atoms with Crippen LogP contribution >= 0.6 is 0 Å². The number of carbonyl (C=O) groups excluding carboxylic acids is 2. The number of fused-ring (bicyclic) bond motifs is 1. The Kier molecular flexibility index (Phi) is 6.91. The van der Waals surface area contributed by atoms with Crippen molar-refractivity contribution in [3.05, 3.63) is 23.8 Å². The monoisotopic (exact) mass is 388 g/mol. The van der Waals surface area contributed by atoms with Crippen molar-refractivity contribution in [2.75, 3.05) is 31.5 Å². The van der Waals surface area contributed by atoms with Gasteiger partial charge in [-0.2, -0.15) is 0 Å². The van der Waals surface area contributed by atoms with Crippen LogP contribution in [0.4, 0.5) is 5.69 Å². The number of rotatable bonds is 8. The molecule has 0 aromatic heterocycles. The average Bonchev–Trinajstić information content (AvgIpc) is 3.05. The number of para-hydroxylation sites is 1. The van der Waals surface area contributed by atoms with Crippen molar-refractivity contribution in [3.8, 4) is 5.75 Å². The first-order valence-corrected chi connectivity index (χ1v) is 10.4. The van der Waals surface area contributed by atoms with Crippen LogP contribution < -0.4 is 10.6 Å². The van der Waals surface area contributed by atoms with Gasteiger partial charge in [-0.3, -0.25) is 9.59 Å². The van der Waals surface area contributed by atoms with Crippen molar-refractivity contribution in [2.24, 2.45) is 11.8 Å². The molecular formula is C21H32N4O3. The molecule has 28 heavy (non-hydrogen) atoms. The van der Waals surface area contributed by atoms with Crippen molar-refractivity contribution in [1.82, 2.24) is 15.3 Å². The van der Waals surface area contributed by atoms with Crippen molar-refractivity contribution in [2.45, 2.75) is 45.6 Å². The number of hydrogen-bond acceptors (Lipinski definition) is 5. The first-order valence-electron chi connectivity index (χ1n) is 10.4. The molecule has 2 unspecified atom stereocenters. The van der Waals surface area contributed by atoms with E-state index < -0.39 is 0 Å². The van der Waals surface area contributed by atoms with E-state index in [2.05, 4.69) is 34.5 Å². The van der Waals surface area contributed by atoms with Crippen LogP contribution in [0.1, 0.15) is 49.9 Å². The largest absolute Gasteiger partial charge is 0.505 e. The Bertz CT molecular complexity index is 674. The zero-order valence-corrected chi connectivity index (χ0v) is 16.9. The third-order valence-electron chi connectivity index (χ3n) is 5.97. The molecule has 1 aromatic rings. The molecule has 0 saturated carbocycles. The first kappa shape index (κ1) is 20.6. The summed E-state index contributed by atoms with van der Waals surface area (Å²) >= 11 is 0. The molecular weight excluding hydrogens is 356 g/mol. The summed E-state index contributed by atoms with van der Waals surface area (Å²) < 4.78 is 0. The second-order valence-electron chi connectivity index (χ2n) is 7.98. The van der Waals surface area contributed by atoms with Crippen LogP contribution in [0.5, 0.6) is 5.75 Å². The van der Waals surface area contributed by atoms with Crippen molar-refractivity contribution >= 4 is 18.0 Å². The number of hydrogen-bond donors (Lipinski definition) is 3. The summed E-state index contributed by atoms with van der Waals surface area (Å²) in [4.78, 5) is 23.3. The van der Waals surface area contributed by atoms with E-state index in [1.54, 1.807) is 18.2 Å². The lowest BCUT2D eigenvalue weighted by atomic mass is 9.83. The van der Waals surface area contributed by atoms with Gasteiger partial charge in [-0.25, -0.2) is 10.0 Å². The number of benzene rings is 1. The minimum absolute atomic E-state index is 0.0252. The summed E-state index contributed by atoms with van der Waals surface area (Å²) in [5.74, 6) is 0.944. The minimum atomic E-state index is -0.312. The number of nitrogens with one attached hydrogen (secondary N) is 2. The molecule has 1 aromatic carbocycles. The van der Waals surface area contributed by atoms with Crippen LogP contribution in [-0.4, -0.2) is 59.7 Å². The number of aromatic hydroxyl groups is 1. The van der Waals surface area contributed by atoms with Crippen LogP contribution in [0, 0.1) is 11.8 Å². The normalized spacial score (nSPS) is 25.3. The highest BCUT2D eigenvalue weighted by Gasteiger charge is 2.39. The maximum absolute atomic E-state index is 12.7. The van der Waals surface area contributed by atoms with E-state index in [-0.39, 0.29) is 28.9 Å². The molecule has 154 valence electrons. The van der Waals surface area contributed by atoms with Crippen LogP contribution in [-0.2, 0) is 4.79 Å². The number of amides is 2. The van der Waals surface area contributed by atoms with Crippen molar-refractivity contribution < 1.29 is 14.7 Å². The van der Waals surface area contributed by atoms with Gasteiger partial charge in [0.25, 0.3) is 5.91 Å². The van der Waals surface area contributed by atoms with Crippen LogP contribution in [0.3, 0.4) is 0 Å². The molecule has 2 saturated heterocycles. The minimum Gasteiger partial charge on any atom is -0.505 e. The molecule has 0 aliphatic carbocycles. The van der Waals surface area contributed by atoms with Gasteiger partial charge in [0.2, 0.25) is 6.41 Å². The number of anilines is 1. The SMILES string of the molecule is CCCC1CN2CC(NC(=O)c3cccc(NC=O)c3O)CN2CC1CCC. The zero-order valence-electron chi connectivity index (χ0n) is 16.9. The van der Waals surface area contributed by atoms with E-state index in [9.17, 15) is 14.7 Å². The Labute approximate surface area is 167 Å². The maximum atomic E-state index is 12.7. The lowest BCUT2D eigenvalue weighted by Crippen LogP contribution is -2.50. The number of phenols is 1. The molecule has 0 bridgehead atoms. The predicted octanol–water partition coefficient (Wildman–Crippen LogP) is 2.44. The van der Waals surface area contributed by atoms with Gasteiger partial charge in [-0.1, -0.05) is 32.8 Å². The van der Waals surface area contributed by atoms with Gasteiger partial charge >= 0.3 is 0 Å². The predicted molar refractivity (Wildman–Crippen MR) is 109 cm³/mol. The Morgan fingerprint density at radius 2 is 1.71 bits per heavy atom. The van der Waals surface area contributed by atoms with E-state index >= 15 is 0 Å². The standard InChI is InChI=1S/C21H32N4O3/c1-3-6-15-10-24-12-17(13-25(24)11-16(15)7-4-2)23-21(28)18-8-5-9-19(20(18)27)22-14-26/h5,8-9,14-17,27H,3-4,6-7,10-13H2,1-2H3,(H,22,26)(H,23,28). The summed E-state index contributed by atoms with van der Waals surface area (Å²) in [7, 11) is 0. The number of carbonyl (C=O) groups is 2. The Hall–Kier alpha value is -2.12. The molecule has 2 atom stereocenters. The highest BCUT2D eigenvalue weighted by Crippen LogP contribution is 2.32. The topological polar surface area (TPSA) is 84.9 Å². The summed E-state index contributed by atoms with van der Waals surface area (Å²) in [6.45, 7) is 8.24. The summed E-state index contributed by atoms with van der Waals surface area (Å²) in [5.41, 5.74) is 0.416. The number of nitrogens with zero attached hydrogens (tertiary/aromatic N) is 2. The zero-order chi connectivity index (χ0) is 20.1. The fraction of sp³-hybridized carbons (Fsp3) is 0.619. The highest BCUT2D eigenvalue weighted by molar-refractivity contribution is 5.99. The molecule has 2 fully saturated rings. The second kappa shape index (κ2) is 9.39. The Balaban J connectivity index is 1.64. The van der Waals surface area contributed by atoms with E-state index in [1.807, 2.05) is 0 Å². The average molecular weight is 389 g/mol. The molecule has 0 radical (unpaired) electrons. The fourth-order valence-electron chi connectivity index (χ4n) is 4.67. The Morgan fingerprint density at radius 3 is 2.25 bits per heavy atom.